The van der Waals surface area contributed by atoms with E-state index in [1.165, 1.54) is 5.69 Å². The van der Waals surface area contributed by atoms with Crippen LogP contribution in [0.2, 0.25) is 0 Å². The van der Waals surface area contributed by atoms with Crippen LogP contribution in [0.5, 0.6) is 0 Å². The maximum Gasteiger partial charge on any atom is 0.208 e. The highest BCUT2D eigenvalue weighted by Gasteiger charge is 2.16. The lowest BCUT2D eigenvalue weighted by molar-refractivity contribution is 0.694. The smallest absolute Gasteiger partial charge is 0.208 e. The molecule has 9 heteroatoms. The molecule has 21 heavy (non-hydrogen) atoms. The molecular weight excluding hydrogens is 324 g/mol. The Morgan fingerprint density at radius 3 is 2.95 bits per heavy atom. The fraction of sp³-hybridized carbons (Fsp3) is 0.417. The van der Waals surface area contributed by atoms with Crippen molar-refractivity contribution in [2.24, 2.45) is 0 Å². The molecular formula is C12H16N6S3. The molecule has 0 aliphatic heterocycles. The van der Waals surface area contributed by atoms with Gasteiger partial charge in [0, 0.05) is 32.2 Å². The molecule has 0 bridgehead atoms. The van der Waals surface area contributed by atoms with Gasteiger partial charge in [-0.25, -0.2) is 4.98 Å². The van der Waals surface area contributed by atoms with E-state index >= 15 is 0 Å². The number of rotatable bonds is 6. The predicted octanol–water partition coefficient (Wildman–Crippen LogP) is 2.57. The largest absolute Gasteiger partial charge is 0.353 e. The second kappa shape index (κ2) is 6.30. The van der Waals surface area contributed by atoms with Gasteiger partial charge in [0.05, 0.1) is 5.69 Å². The molecule has 3 rings (SSSR count). The van der Waals surface area contributed by atoms with Gasteiger partial charge in [0.1, 0.15) is 5.03 Å². The molecule has 0 fully saturated rings. The Kier molecular flexibility index (Phi) is 4.43. The third-order valence-corrected chi connectivity index (χ3v) is 5.75. The molecule has 3 aromatic rings. The van der Waals surface area contributed by atoms with Crippen LogP contribution < -0.4 is 10.2 Å². The van der Waals surface area contributed by atoms with Gasteiger partial charge in [0.15, 0.2) is 9.30 Å². The van der Waals surface area contributed by atoms with Gasteiger partial charge in [-0.1, -0.05) is 18.3 Å². The van der Waals surface area contributed by atoms with E-state index in [0.717, 1.165) is 32.5 Å². The number of nitrogens with one attached hydrogen (secondary N) is 1. The van der Waals surface area contributed by atoms with Gasteiger partial charge in [-0.05, 0) is 18.3 Å². The molecule has 3 heterocycles. The number of hydrogen-bond donors (Lipinski definition) is 1. The molecule has 0 atom stereocenters. The van der Waals surface area contributed by atoms with Gasteiger partial charge in [-0.2, -0.15) is 0 Å². The fourth-order valence-electron chi connectivity index (χ4n) is 1.81. The highest BCUT2D eigenvalue weighted by molar-refractivity contribution is 8.01. The summed E-state index contributed by atoms with van der Waals surface area (Å²) >= 11 is 4.81. The summed E-state index contributed by atoms with van der Waals surface area (Å²) in [5.41, 5.74) is 1.18. The third-order valence-electron chi connectivity index (χ3n) is 2.83. The topological polar surface area (TPSA) is 58.4 Å². The maximum atomic E-state index is 4.70. The molecule has 3 aromatic heterocycles. The SMILES string of the molecule is CCNCc1c(Sc2nnc(N(C)C)s2)nc2sccn12. The Morgan fingerprint density at radius 2 is 2.24 bits per heavy atom. The average molecular weight is 341 g/mol. The summed E-state index contributed by atoms with van der Waals surface area (Å²) in [6, 6.07) is 0. The van der Waals surface area contributed by atoms with E-state index in [4.69, 9.17) is 4.98 Å². The Bertz CT molecular complexity index is 728. The number of nitrogens with zero attached hydrogens (tertiary/aromatic N) is 5. The Morgan fingerprint density at radius 1 is 1.38 bits per heavy atom. The van der Waals surface area contributed by atoms with Crippen molar-refractivity contribution in [3.05, 3.63) is 17.3 Å². The van der Waals surface area contributed by atoms with E-state index in [9.17, 15) is 0 Å². The second-order valence-electron chi connectivity index (χ2n) is 4.55. The minimum Gasteiger partial charge on any atom is -0.353 e. The first kappa shape index (κ1) is 14.8. The van der Waals surface area contributed by atoms with Crippen molar-refractivity contribution < 1.29 is 0 Å². The van der Waals surface area contributed by atoms with Gasteiger partial charge >= 0.3 is 0 Å². The number of aromatic nitrogens is 4. The molecule has 0 unspecified atom stereocenters. The molecule has 0 amide bonds. The minimum absolute atomic E-state index is 0.802. The van der Waals surface area contributed by atoms with Crippen LogP contribution in [0.15, 0.2) is 20.9 Å². The van der Waals surface area contributed by atoms with Crippen LogP contribution in [0.1, 0.15) is 12.6 Å². The minimum atomic E-state index is 0.802. The van der Waals surface area contributed by atoms with E-state index in [0.29, 0.717) is 0 Å². The van der Waals surface area contributed by atoms with Gasteiger partial charge in [0.2, 0.25) is 5.13 Å². The molecule has 0 spiro atoms. The zero-order chi connectivity index (χ0) is 14.8. The van der Waals surface area contributed by atoms with Crippen molar-refractivity contribution >= 4 is 44.5 Å². The summed E-state index contributed by atoms with van der Waals surface area (Å²) in [5.74, 6) is 0. The monoisotopic (exact) mass is 340 g/mol. The van der Waals surface area contributed by atoms with E-state index in [1.807, 2.05) is 19.0 Å². The molecule has 6 nitrogen and oxygen atoms in total. The first-order chi connectivity index (χ1) is 10.2. The van der Waals surface area contributed by atoms with Crippen LogP contribution in [0.25, 0.3) is 4.96 Å². The first-order valence-electron chi connectivity index (χ1n) is 6.53. The summed E-state index contributed by atoms with van der Waals surface area (Å²) < 4.78 is 3.06. The number of anilines is 1. The highest BCUT2D eigenvalue weighted by atomic mass is 32.2. The van der Waals surface area contributed by atoms with E-state index < -0.39 is 0 Å². The number of hydrogen-bond acceptors (Lipinski definition) is 8. The van der Waals surface area contributed by atoms with Crippen molar-refractivity contribution in [1.82, 2.24) is 24.9 Å². The number of fused-ring (bicyclic) bond motifs is 1. The lowest BCUT2D eigenvalue weighted by Crippen LogP contribution is -2.13. The van der Waals surface area contributed by atoms with E-state index in [2.05, 4.69) is 38.4 Å². The van der Waals surface area contributed by atoms with Crippen molar-refractivity contribution in [2.75, 3.05) is 25.5 Å². The summed E-state index contributed by atoms with van der Waals surface area (Å²) in [7, 11) is 3.94. The van der Waals surface area contributed by atoms with Crippen molar-refractivity contribution in [1.29, 1.82) is 0 Å². The van der Waals surface area contributed by atoms with Crippen LogP contribution in [-0.2, 0) is 6.54 Å². The predicted molar refractivity (Wildman–Crippen MR) is 88.8 cm³/mol. The fourth-order valence-corrected chi connectivity index (χ4v) is 4.39. The lowest BCUT2D eigenvalue weighted by atomic mass is 10.4. The zero-order valence-corrected chi connectivity index (χ0v) is 14.5. The molecule has 1 N–H and O–H groups in total. The average Bonchev–Trinajstić information content (AvgIpc) is 3.13. The highest BCUT2D eigenvalue weighted by Crippen LogP contribution is 2.35. The molecule has 0 aromatic carbocycles. The standard InChI is InChI=1S/C12H16N6S3/c1-4-13-7-8-9(14-10-18(8)5-6-19-10)20-12-16-15-11(21-12)17(2)3/h5-6,13H,4,7H2,1-3H3. The van der Waals surface area contributed by atoms with Crippen LogP contribution in [0, 0.1) is 0 Å². The zero-order valence-electron chi connectivity index (χ0n) is 12.0. The quantitative estimate of drug-likeness (QED) is 0.744. The maximum absolute atomic E-state index is 4.70. The van der Waals surface area contributed by atoms with E-state index in [1.54, 1.807) is 34.4 Å². The summed E-state index contributed by atoms with van der Waals surface area (Å²) in [4.78, 5) is 7.69. The molecule has 0 saturated heterocycles. The second-order valence-corrected chi connectivity index (χ2v) is 7.61. The Hall–Kier alpha value is -1.16. The normalized spacial score (nSPS) is 11.4. The summed E-state index contributed by atoms with van der Waals surface area (Å²) in [5, 5.41) is 15.7. The van der Waals surface area contributed by atoms with E-state index in [-0.39, 0.29) is 0 Å². The third kappa shape index (κ3) is 3.05. The Balaban J connectivity index is 1.89. The van der Waals surface area contributed by atoms with Crippen molar-refractivity contribution in [3.8, 4) is 0 Å². The molecule has 0 radical (unpaired) electrons. The summed E-state index contributed by atoms with van der Waals surface area (Å²) in [6.07, 6.45) is 2.06. The Labute approximate surface area is 135 Å². The van der Waals surface area contributed by atoms with Crippen molar-refractivity contribution in [2.45, 2.75) is 22.8 Å². The molecule has 0 aliphatic rings. The molecule has 0 aliphatic carbocycles. The first-order valence-corrected chi connectivity index (χ1v) is 9.04. The molecule has 112 valence electrons. The molecule has 0 saturated carbocycles. The van der Waals surface area contributed by atoms with Crippen LogP contribution in [0.4, 0.5) is 5.13 Å². The van der Waals surface area contributed by atoms with Gasteiger partial charge in [-0.3, -0.25) is 4.40 Å². The lowest BCUT2D eigenvalue weighted by Gasteiger charge is -2.04. The number of thiazole rings is 1. The van der Waals surface area contributed by atoms with Crippen LogP contribution in [0.3, 0.4) is 0 Å². The van der Waals surface area contributed by atoms with Crippen LogP contribution in [-0.4, -0.2) is 40.2 Å². The van der Waals surface area contributed by atoms with Gasteiger partial charge < -0.3 is 10.2 Å². The van der Waals surface area contributed by atoms with Crippen LogP contribution >= 0.6 is 34.4 Å². The van der Waals surface area contributed by atoms with Gasteiger partial charge in [-0.15, -0.1) is 21.5 Å². The summed E-state index contributed by atoms with van der Waals surface area (Å²) in [6.45, 7) is 3.84. The van der Waals surface area contributed by atoms with Crippen molar-refractivity contribution in [3.63, 3.8) is 0 Å². The van der Waals surface area contributed by atoms with Gasteiger partial charge in [0.25, 0.3) is 0 Å². The number of imidazole rings is 1.